The molecule has 0 aliphatic carbocycles. The van der Waals surface area contributed by atoms with E-state index in [1.807, 2.05) is 24.3 Å². The van der Waals surface area contributed by atoms with Gasteiger partial charge in [0.05, 0.1) is 22.9 Å². The molecule has 0 aliphatic heterocycles. The zero-order valence-corrected chi connectivity index (χ0v) is 11.9. The first-order valence-electron chi connectivity index (χ1n) is 6.71. The molecule has 1 amide bonds. The first kappa shape index (κ1) is 13.8. The Balaban J connectivity index is 1.80. The van der Waals surface area contributed by atoms with E-state index in [4.69, 9.17) is 0 Å². The summed E-state index contributed by atoms with van der Waals surface area (Å²) in [6.45, 7) is 1.77. The normalized spacial score (nSPS) is 11.4. The summed E-state index contributed by atoms with van der Waals surface area (Å²) in [6.07, 6.45) is 4.75. The highest BCUT2D eigenvalue weighted by Crippen LogP contribution is 2.09. The van der Waals surface area contributed by atoms with Gasteiger partial charge in [0.25, 0.3) is 5.91 Å². The third kappa shape index (κ3) is 2.95. The average Bonchev–Trinajstić information content (AvgIpc) is 2.59. The van der Waals surface area contributed by atoms with Gasteiger partial charge >= 0.3 is 0 Å². The van der Waals surface area contributed by atoms with Gasteiger partial charge in [-0.3, -0.25) is 14.8 Å². The molecule has 108 valence electrons. The fourth-order valence-electron chi connectivity index (χ4n) is 1.89. The van der Waals surface area contributed by atoms with E-state index in [1.165, 1.54) is 0 Å². The molecule has 0 atom stereocenters. The standard InChI is InChI=1S/C16H13N5O/c1-11(20-21-16(22)12-6-8-17-9-7-12)15-10-18-13-4-2-3-5-14(13)19-15/h2-10H,1H3,(H,21,22)/b20-11+. The van der Waals surface area contributed by atoms with E-state index in [-0.39, 0.29) is 5.91 Å². The second kappa shape index (κ2) is 6.09. The van der Waals surface area contributed by atoms with E-state index in [0.29, 0.717) is 17.0 Å². The lowest BCUT2D eigenvalue weighted by Gasteiger charge is -2.03. The van der Waals surface area contributed by atoms with E-state index < -0.39 is 0 Å². The highest BCUT2D eigenvalue weighted by atomic mass is 16.2. The summed E-state index contributed by atoms with van der Waals surface area (Å²) in [7, 11) is 0. The lowest BCUT2D eigenvalue weighted by molar-refractivity contribution is 0.0954. The fourth-order valence-corrected chi connectivity index (χ4v) is 1.89. The molecule has 3 rings (SSSR count). The van der Waals surface area contributed by atoms with E-state index in [2.05, 4.69) is 25.5 Å². The van der Waals surface area contributed by atoms with Crippen molar-refractivity contribution < 1.29 is 4.79 Å². The number of nitrogens with zero attached hydrogens (tertiary/aromatic N) is 4. The molecule has 1 N–H and O–H groups in total. The van der Waals surface area contributed by atoms with Gasteiger partial charge in [0.2, 0.25) is 0 Å². The summed E-state index contributed by atoms with van der Waals surface area (Å²) >= 11 is 0. The van der Waals surface area contributed by atoms with Gasteiger partial charge in [0, 0.05) is 18.0 Å². The predicted octanol–water partition coefficient (Wildman–Crippen LogP) is 2.18. The summed E-state index contributed by atoms with van der Waals surface area (Å²) in [5, 5.41) is 4.07. The molecule has 2 heterocycles. The molecule has 0 aliphatic rings. The Hall–Kier alpha value is -3.15. The van der Waals surface area contributed by atoms with Crippen LogP contribution in [-0.2, 0) is 0 Å². The van der Waals surface area contributed by atoms with Crippen LogP contribution < -0.4 is 5.43 Å². The molecule has 0 unspecified atom stereocenters. The molecular formula is C16H13N5O. The minimum Gasteiger partial charge on any atom is -0.267 e. The second-order valence-corrected chi connectivity index (χ2v) is 4.62. The Morgan fingerprint density at radius 1 is 1.09 bits per heavy atom. The Morgan fingerprint density at radius 2 is 1.82 bits per heavy atom. The number of carbonyl (C=O) groups excluding carboxylic acids is 1. The van der Waals surface area contributed by atoms with E-state index >= 15 is 0 Å². The monoisotopic (exact) mass is 291 g/mol. The van der Waals surface area contributed by atoms with Crippen LogP contribution in [-0.4, -0.2) is 26.6 Å². The van der Waals surface area contributed by atoms with Crippen molar-refractivity contribution in [1.82, 2.24) is 20.4 Å². The van der Waals surface area contributed by atoms with Crippen LogP contribution in [0.5, 0.6) is 0 Å². The molecule has 0 fully saturated rings. The van der Waals surface area contributed by atoms with Crippen molar-refractivity contribution in [2.75, 3.05) is 0 Å². The maximum Gasteiger partial charge on any atom is 0.271 e. The number of carbonyl (C=O) groups is 1. The lowest BCUT2D eigenvalue weighted by Crippen LogP contribution is -2.19. The van der Waals surface area contributed by atoms with Crippen molar-refractivity contribution in [2.24, 2.45) is 5.10 Å². The van der Waals surface area contributed by atoms with E-state index in [0.717, 1.165) is 11.0 Å². The van der Waals surface area contributed by atoms with Gasteiger partial charge in [-0.15, -0.1) is 0 Å². The Bertz CT molecular complexity index is 845. The topological polar surface area (TPSA) is 80.1 Å². The third-order valence-corrected chi connectivity index (χ3v) is 3.09. The molecule has 2 aromatic heterocycles. The Kier molecular flexibility index (Phi) is 3.82. The molecule has 6 heteroatoms. The lowest BCUT2D eigenvalue weighted by atomic mass is 10.2. The number of aromatic nitrogens is 3. The number of hydrogen-bond acceptors (Lipinski definition) is 5. The summed E-state index contributed by atoms with van der Waals surface area (Å²) in [5.41, 5.74) is 5.80. The summed E-state index contributed by atoms with van der Waals surface area (Å²) in [4.78, 5) is 24.6. The van der Waals surface area contributed by atoms with Crippen LogP contribution in [0, 0.1) is 0 Å². The van der Waals surface area contributed by atoms with Crippen LogP contribution in [0.25, 0.3) is 11.0 Å². The van der Waals surface area contributed by atoms with Crippen molar-refractivity contribution >= 4 is 22.7 Å². The highest BCUT2D eigenvalue weighted by molar-refractivity contribution is 6.00. The number of benzene rings is 1. The molecular weight excluding hydrogens is 278 g/mol. The maximum absolute atomic E-state index is 11.9. The third-order valence-electron chi connectivity index (χ3n) is 3.09. The quantitative estimate of drug-likeness (QED) is 0.592. The minimum absolute atomic E-state index is 0.296. The number of hydrogen-bond donors (Lipinski definition) is 1. The van der Waals surface area contributed by atoms with Crippen molar-refractivity contribution in [3.63, 3.8) is 0 Å². The number of rotatable bonds is 3. The van der Waals surface area contributed by atoms with E-state index in [9.17, 15) is 4.79 Å². The molecule has 0 bridgehead atoms. The molecule has 0 radical (unpaired) electrons. The molecule has 0 saturated carbocycles. The van der Waals surface area contributed by atoms with E-state index in [1.54, 1.807) is 37.6 Å². The fraction of sp³-hybridized carbons (Fsp3) is 0.0625. The number of hydrazone groups is 1. The predicted molar refractivity (Wildman–Crippen MR) is 83.5 cm³/mol. The summed E-state index contributed by atoms with van der Waals surface area (Å²) in [5.74, 6) is -0.296. The number of amides is 1. The van der Waals surface area contributed by atoms with Crippen molar-refractivity contribution in [3.8, 4) is 0 Å². The van der Waals surface area contributed by atoms with Gasteiger partial charge in [-0.1, -0.05) is 12.1 Å². The number of pyridine rings is 1. The molecule has 1 aromatic carbocycles. The summed E-state index contributed by atoms with van der Waals surface area (Å²) in [6, 6.07) is 10.8. The smallest absolute Gasteiger partial charge is 0.267 e. The van der Waals surface area contributed by atoms with Crippen LogP contribution >= 0.6 is 0 Å². The van der Waals surface area contributed by atoms with Gasteiger partial charge in [-0.2, -0.15) is 5.10 Å². The van der Waals surface area contributed by atoms with Crippen LogP contribution in [0.3, 0.4) is 0 Å². The van der Waals surface area contributed by atoms with Crippen LogP contribution in [0.1, 0.15) is 23.0 Å². The molecule has 22 heavy (non-hydrogen) atoms. The van der Waals surface area contributed by atoms with Crippen molar-refractivity contribution in [2.45, 2.75) is 6.92 Å². The van der Waals surface area contributed by atoms with Gasteiger partial charge in [0.1, 0.15) is 5.69 Å². The second-order valence-electron chi connectivity index (χ2n) is 4.62. The zero-order valence-electron chi connectivity index (χ0n) is 11.9. The van der Waals surface area contributed by atoms with Gasteiger partial charge in [0.15, 0.2) is 0 Å². The van der Waals surface area contributed by atoms with Crippen LogP contribution in [0.15, 0.2) is 60.1 Å². The van der Waals surface area contributed by atoms with Gasteiger partial charge in [-0.25, -0.2) is 10.4 Å². The first-order valence-corrected chi connectivity index (χ1v) is 6.71. The van der Waals surface area contributed by atoms with Crippen molar-refractivity contribution in [1.29, 1.82) is 0 Å². The molecule has 0 spiro atoms. The number of nitrogens with one attached hydrogen (secondary N) is 1. The van der Waals surface area contributed by atoms with Crippen LogP contribution in [0.4, 0.5) is 0 Å². The maximum atomic E-state index is 11.9. The highest BCUT2D eigenvalue weighted by Gasteiger charge is 2.06. The zero-order chi connectivity index (χ0) is 15.4. The largest absolute Gasteiger partial charge is 0.271 e. The van der Waals surface area contributed by atoms with Gasteiger partial charge < -0.3 is 0 Å². The Labute approximate surface area is 127 Å². The SMILES string of the molecule is C/C(=N\NC(=O)c1ccncc1)c1cnc2ccccc2n1. The average molecular weight is 291 g/mol. The molecule has 3 aromatic rings. The Morgan fingerprint density at radius 3 is 2.59 bits per heavy atom. The van der Waals surface area contributed by atoms with Crippen molar-refractivity contribution in [3.05, 3.63) is 66.2 Å². The summed E-state index contributed by atoms with van der Waals surface area (Å²) < 4.78 is 0. The number of fused-ring (bicyclic) bond motifs is 1. The molecule has 0 saturated heterocycles. The first-order chi connectivity index (χ1) is 10.7. The molecule has 6 nitrogen and oxygen atoms in total. The van der Waals surface area contributed by atoms with Crippen LogP contribution in [0.2, 0.25) is 0 Å². The number of para-hydroxylation sites is 2. The van der Waals surface area contributed by atoms with Gasteiger partial charge in [-0.05, 0) is 31.2 Å². The minimum atomic E-state index is -0.296.